The molecule has 6 aromatic carbocycles. The minimum Gasteiger partial charge on any atom is -0.444 e. The fraction of sp³-hybridized carbons (Fsp3) is 0.263. The predicted molar refractivity (Wildman–Crippen MR) is 379 cm³/mol. The van der Waals surface area contributed by atoms with Crippen molar-refractivity contribution in [1.82, 2.24) is 54.3 Å². The van der Waals surface area contributed by atoms with Gasteiger partial charge >= 0.3 is 41.0 Å². The van der Waals surface area contributed by atoms with Crippen LogP contribution < -0.4 is 11.1 Å². The number of rotatable bonds is 14. The maximum atomic E-state index is 12.9. The lowest BCUT2D eigenvalue weighted by atomic mass is 10.0. The van der Waals surface area contributed by atoms with Crippen LogP contribution in [-0.2, 0) is 74.8 Å². The summed E-state index contributed by atoms with van der Waals surface area (Å²) in [5.74, 6) is 0. The van der Waals surface area contributed by atoms with Crippen LogP contribution in [-0.4, -0.2) is 106 Å². The van der Waals surface area contributed by atoms with Crippen molar-refractivity contribution in [2.75, 3.05) is 6.61 Å². The van der Waals surface area contributed by atoms with E-state index in [4.69, 9.17) is 15.2 Å². The minimum atomic E-state index is -4.46. The molecule has 0 unspecified atom stereocenters. The SMILES string of the molecule is CC(C)(C)OC(=O)N1[C@@H](Cc2ccc(C(F)(F)F)cc2)COS1(=O)=O.CC(C)(C)OC(=O)N[C@@H](Cc1ccc(C(F)(F)F)cc1)Cn1cc(-c2ccc3cnccc3c2)cn1.N[C@@H](Cc1ccc(C(F)(F)F)cc1)Cn1cc(-c2ccc3cnccc3c2)cn1.c1cc2cc(-c3cn[nH]c3)ccc2cn1. The molecule has 0 radical (unpaired) electrons. The molecule has 29 heteroatoms. The molecule has 2 amide bonds. The maximum absolute atomic E-state index is 12.9. The van der Waals surface area contributed by atoms with Crippen LogP contribution in [0, 0.1) is 0 Å². The highest BCUT2D eigenvalue weighted by atomic mass is 32.2. The number of carbonyl (C=O) groups excluding carboxylic acids is 2. The summed E-state index contributed by atoms with van der Waals surface area (Å²) in [6.07, 6.45) is 7.75. The van der Waals surface area contributed by atoms with Crippen molar-refractivity contribution in [3.05, 3.63) is 253 Å². The number of hydrogen-bond donors (Lipinski definition) is 3. The molecule has 3 atom stereocenters. The van der Waals surface area contributed by atoms with Gasteiger partial charge in [0.05, 0.1) is 67.1 Å². The topological polar surface area (TPSA) is 240 Å². The van der Waals surface area contributed by atoms with E-state index in [0.717, 1.165) is 96.7 Å². The van der Waals surface area contributed by atoms with Gasteiger partial charge in [0, 0.05) is 94.7 Å². The number of fused-ring (bicyclic) bond motifs is 3. The summed E-state index contributed by atoms with van der Waals surface area (Å²) in [4.78, 5) is 37.0. The highest BCUT2D eigenvalue weighted by Gasteiger charge is 2.45. The van der Waals surface area contributed by atoms with E-state index in [-0.39, 0.29) is 19.1 Å². The van der Waals surface area contributed by atoms with Crippen molar-refractivity contribution >= 4 is 54.8 Å². The second kappa shape index (κ2) is 32.3. The number of halogens is 9. The first-order valence-electron chi connectivity index (χ1n) is 32.8. The molecule has 1 saturated heterocycles. The maximum Gasteiger partial charge on any atom is 0.426 e. The number of alkyl carbamates (subject to hydrolysis) is 1. The van der Waals surface area contributed by atoms with Crippen LogP contribution in [0.5, 0.6) is 0 Å². The molecule has 0 aliphatic carbocycles. The number of amides is 2. The van der Waals surface area contributed by atoms with Gasteiger partial charge in [-0.05, 0) is 183 Å². The van der Waals surface area contributed by atoms with Gasteiger partial charge in [0.1, 0.15) is 11.2 Å². The van der Waals surface area contributed by atoms with Gasteiger partial charge < -0.3 is 20.5 Å². The second-order valence-corrected chi connectivity index (χ2v) is 28.2. The Morgan fingerprint density at radius 2 is 0.943 bits per heavy atom. The summed E-state index contributed by atoms with van der Waals surface area (Å²) >= 11 is 0. The van der Waals surface area contributed by atoms with E-state index in [2.05, 4.69) is 75.2 Å². The summed E-state index contributed by atoms with van der Waals surface area (Å²) in [6.45, 7) is 10.5. The smallest absolute Gasteiger partial charge is 0.426 e. The Kier molecular flexibility index (Phi) is 23.6. The van der Waals surface area contributed by atoms with E-state index in [0.29, 0.717) is 41.4 Å². The molecule has 1 fully saturated rings. The summed E-state index contributed by atoms with van der Waals surface area (Å²) in [6, 6.07) is 37.1. The Morgan fingerprint density at radius 1 is 0.524 bits per heavy atom. The molecule has 1 aliphatic rings. The molecule has 0 spiro atoms. The van der Waals surface area contributed by atoms with Crippen LogP contribution in [0.4, 0.5) is 49.1 Å². The molecule has 13 rings (SSSR count). The van der Waals surface area contributed by atoms with E-state index in [1.807, 2.05) is 85.8 Å². The molecular weight excluding hydrogens is 1400 g/mol. The molecule has 105 heavy (non-hydrogen) atoms. The number of benzene rings is 6. The number of nitrogens with one attached hydrogen (secondary N) is 2. The molecule has 6 aromatic heterocycles. The van der Waals surface area contributed by atoms with Gasteiger partial charge in [0.15, 0.2) is 0 Å². The number of aromatic nitrogens is 9. The number of alkyl halides is 9. The van der Waals surface area contributed by atoms with E-state index in [9.17, 15) is 57.5 Å². The fourth-order valence-corrected chi connectivity index (χ4v) is 12.3. The first-order valence-corrected chi connectivity index (χ1v) is 34.2. The number of carbonyl (C=O) groups is 2. The van der Waals surface area contributed by atoms with Gasteiger partial charge in [0.2, 0.25) is 0 Å². The van der Waals surface area contributed by atoms with Gasteiger partial charge in [-0.15, -0.1) is 0 Å². The number of aromatic amines is 1. The lowest BCUT2D eigenvalue weighted by Crippen LogP contribution is -2.43. The standard InChI is InChI=1S/C27H27F3N4O2.C22H19F3N4.C15H18F3NO5S.C12H9N3/c1-26(2,3)36-25(35)33-24(12-18-4-8-23(9-5-18)27(28,29)30)17-34-16-22(15-32-34)19-6-7-21-14-31-11-10-20(21)13-19;23-22(24,25)20-5-1-15(2-6-20)9-21(26)14-29-13-19(12-28-29)16-3-4-18-11-27-8-7-17(18)10-16;1-14(2,3)24-13(20)19-12(9-23-25(19,21)22)8-10-4-6-11(7-5-10)15(16,17)18;1-2-11-6-13-4-3-10(11)5-9(1)12-7-14-15-8-12/h4-11,13-16,24H,12,17H2,1-3H3,(H,33,35);1-8,10-13,21H,9,14,26H2;4-7,12H,8-9H2,1-3H3;1-8H,(H,14,15)/t24-;21-;12-;/m000./s1. The van der Waals surface area contributed by atoms with Crippen LogP contribution in [0.3, 0.4) is 0 Å². The third-order valence-electron chi connectivity index (χ3n) is 16.1. The van der Waals surface area contributed by atoms with E-state index >= 15 is 0 Å². The van der Waals surface area contributed by atoms with Crippen LogP contribution in [0.15, 0.2) is 220 Å². The third kappa shape index (κ3) is 21.8. The zero-order valence-corrected chi connectivity index (χ0v) is 58.3. The van der Waals surface area contributed by atoms with Gasteiger partial charge in [-0.3, -0.25) is 33.6 Å². The summed E-state index contributed by atoms with van der Waals surface area (Å²) < 4.78 is 157. The zero-order chi connectivity index (χ0) is 75.5. The lowest BCUT2D eigenvalue weighted by molar-refractivity contribution is -0.138. The van der Waals surface area contributed by atoms with Crippen LogP contribution >= 0.6 is 0 Å². The van der Waals surface area contributed by atoms with Crippen molar-refractivity contribution in [1.29, 1.82) is 0 Å². The van der Waals surface area contributed by atoms with Crippen molar-refractivity contribution in [3.63, 3.8) is 0 Å². The quantitative estimate of drug-likeness (QED) is 0.0858. The molecular formula is C76H73F9N12O7S. The van der Waals surface area contributed by atoms with Gasteiger partial charge in [-0.2, -0.15) is 67.5 Å². The average Bonchev–Trinajstić information content (AvgIpc) is 1.66. The third-order valence-corrected chi connectivity index (χ3v) is 17.4. The Morgan fingerprint density at radius 3 is 1.36 bits per heavy atom. The number of hydrogen-bond acceptors (Lipinski definition) is 14. The summed E-state index contributed by atoms with van der Waals surface area (Å²) in [5.41, 5.74) is 10.5. The van der Waals surface area contributed by atoms with Crippen molar-refractivity contribution in [2.24, 2.45) is 5.73 Å². The molecule has 0 saturated carbocycles. The van der Waals surface area contributed by atoms with E-state index < -0.39 is 81.0 Å². The molecule has 0 bridgehead atoms. The number of ether oxygens (including phenoxy) is 2. The highest BCUT2D eigenvalue weighted by molar-refractivity contribution is 7.85. The van der Waals surface area contributed by atoms with E-state index in [1.54, 1.807) is 81.9 Å². The normalized spacial score (nSPS) is 14.4. The predicted octanol–water partition coefficient (Wildman–Crippen LogP) is 16.7. The Hall–Kier alpha value is -11.0. The molecule has 7 heterocycles. The minimum absolute atomic E-state index is 0.0105. The number of nitrogens with zero attached hydrogens (tertiary/aromatic N) is 9. The molecule has 12 aromatic rings. The highest BCUT2D eigenvalue weighted by Crippen LogP contribution is 2.34. The Balaban J connectivity index is 0.000000155. The molecule has 1 aliphatic heterocycles. The monoisotopic (exact) mass is 1470 g/mol. The lowest BCUT2D eigenvalue weighted by Gasteiger charge is -2.26. The second-order valence-electron chi connectivity index (χ2n) is 26.7. The van der Waals surface area contributed by atoms with Crippen molar-refractivity contribution in [2.45, 2.75) is 122 Å². The van der Waals surface area contributed by atoms with Gasteiger partial charge in [-0.1, -0.05) is 72.8 Å². The van der Waals surface area contributed by atoms with E-state index in [1.165, 1.54) is 47.3 Å². The first-order chi connectivity index (χ1) is 49.6. The van der Waals surface area contributed by atoms with Gasteiger partial charge in [0.25, 0.3) is 0 Å². The number of nitrogens with two attached hydrogens (primary N) is 1. The fourth-order valence-electron chi connectivity index (χ4n) is 11.1. The Labute approximate surface area is 598 Å². The van der Waals surface area contributed by atoms with Crippen LogP contribution in [0.1, 0.15) is 74.9 Å². The average molecular weight is 1470 g/mol. The Bertz CT molecular complexity index is 5020. The molecule has 19 nitrogen and oxygen atoms in total. The zero-order valence-electron chi connectivity index (χ0n) is 57.5. The number of pyridine rings is 3. The van der Waals surface area contributed by atoms with Gasteiger partial charge in [-0.25, -0.2) is 9.59 Å². The van der Waals surface area contributed by atoms with Crippen LogP contribution in [0.25, 0.3) is 65.7 Å². The number of H-pyrrole nitrogens is 1. The first kappa shape index (κ1) is 76.6. The summed E-state index contributed by atoms with van der Waals surface area (Å²) in [5, 5.41) is 25.0. The summed E-state index contributed by atoms with van der Waals surface area (Å²) in [7, 11) is -4.28. The molecule has 4 N–H and O–H groups in total. The van der Waals surface area contributed by atoms with Crippen LogP contribution in [0.2, 0.25) is 0 Å². The van der Waals surface area contributed by atoms with Crippen molar-refractivity contribution in [3.8, 4) is 33.4 Å². The van der Waals surface area contributed by atoms with Crippen molar-refractivity contribution < 1.29 is 71.2 Å². The largest absolute Gasteiger partial charge is 0.444 e. The molecule has 548 valence electrons.